The molecule has 0 saturated carbocycles. The van der Waals surface area contributed by atoms with E-state index in [4.69, 9.17) is 21.1 Å². The van der Waals surface area contributed by atoms with Gasteiger partial charge in [-0.05, 0) is 25.1 Å². The number of non-ortho nitro benzene ring substituents is 1. The highest BCUT2D eigenvalue weighted by atomic mass is 35.5. The van der Waals surface area contributed by atoms with E-state index in [1.165, 1.54) is 25.3 Å². The molecule has 0 aliphatic rings. The van der Waals surface area contributed by atoms with Gasteiger partial charge in [0.05, 0.1) is 22.7 Å². The summed E-state index contributed by atoms with van der Waals surface area (Å²) in [5, 5.41) is 13.4. The predicted molar refractivity (Wildman–Crippen MR) is 89.8 cm³/mol. The van der Waals surface area contributed by atoms with Crippen LogP contribution in [-0.2, 0) is 4.79 Å². The molecular weight excluding hydrogens is 336 g/mol. The number of hydrogen-bond acceptors (Lipinski definition) is 5. The Labute approximate surface area is 143 Å². The summed E-state index contributed by atoms with van der Waals surface area (Å²) in [5.41, 5.74) is 0.355. The van der Waals surface area contributed by atoms with Gasteiger partial charge in [-0.15, -0.1) is 0 Å². The van der Waals surface area contributed by atoms with Crippen LogP contribution in [0.15, 0.2) is 42.5 Å². The lowest BCUT2D eigenvalue weighted by atomic mass is 10.2. The molecule has 7 nitrogen and oxygen atoms in total. The molecule has 0 unspecified atom stereocenters. The van der Waals surface area contributed by atoms with E-state index >= 15 is 0 Å². The molecule has 8 heteroatoms. The van der Waals surface area contributed by atoms with E-state index in [9.17, 15) is 14.9 Å². The van der Waals surface area contributed by atoms with Crippen LogP contribution in [0.5, 0.6) is 11.5 Å². The van der Waals surface area contributed by atoms with Gasteiger partial charge in [0, 0.05) is 12.1 Å². The second-order valence-electron chi connectivity index (χ2n) is 4.82. The number of carbonyl (C=O) groups is 1. The number of hydrogen-bond donors (Lipinski definition) is 1. The Morgan fingerprint density at radius 1 is 1.25 bits per heavy atom. The molecule has 24 heavy (non-hydrogen) atoms. The molecule has 1 amide bonds. The van der Waals surface area contributed by atoms with Gasteiger partial charge in [0.1, 0.15) is 11.5 Å². The first kappa shape index (κ1) is 17.6. The normalized spacial score (nSPS) is 11.5. The standard InChI is InChI=1S/C16H15ClN2O5/c1-10(16(20)18-13-5-3-4-6-15(13)23-2)24-14-8-7-11(19(21)22)9-12(14)17/h3-10H,1-2H3,(H,18,20)/t10-/m0/s1. The maximum absolute atomic E-state index is 12.2. The molecule has 0 radical (unpaired) electrons. The molecule has 1 atom stereocenters. The van der Waals surface area contributed by atoms with Gasteiger partial charge < -0.3 is 14.8 Å². The third kappa shape index (κ3) is 4.14. The summed E-state index contributed by atoms with van der Waals surface area (Å²) in [6.45, 7) is 1.54. The number of halogens is 1. The van der Waals surface area contributed by atoms with E-state index in [0.717, 1.165) is 0 Å². The molecule has 0 aliphatic heterocycles. The molecule has 2 aromatic carbocycles. The van der Waals surface area contributed by atoms with E-state index in [-0.39, 0.29) is 16.5 Å². The van der Waals surface area contributed by atoms with Crippen molar-refractivity contribution >= 4 is 28.9 Å². The molecule has 2 rings (SSSR count). The molecular formula is C16H15ClN2O5. The maximum atomic E-state index is 12.2. The number of nitro benzene ring substituents is 1. The Balaban J connectivity index is 2.08. The van der Waals surface area contributed by atoms with Gasteiger partial charge in [-0.25, -0.2) is 0 Å². The van der Waals surface area contributed by atoms with Crippen molar-refractivity contribution in [3.63, 3.8) is 0 Å². The van der Waals surface area contributed by atoms with E-state index < -0.39 is 16.9 Å². The van der Waals surface area contributed by atoms with Crippen LogP contribution in [0.2, 0.25) is 5.02 Å². The molecule has 0 fully saturated rings. The van der Waals surface area contributed by atoms with Crippen LogP contribution < -0.4 is 14.8 Å². The van der Waals surface area contributed by atoms with Crippen molar-refractivity contribution in [1.29, 1.82) is 0 Å². The minimum absolute atomic E-state index is 0.0566. The maximum Gasteiger partial charge on any atom is 0.271 e. The van der Waals surface area contributed by atoms with Gasteiger partial charge in [0.2, 0.25) is 0 Å². The van der Waals surface area contributed by atoms with E-state index in [0.29, 0.717) is 11.4 Å². The summed E-state index contributed by atoms with van der Waals surface area (Å²) in [7, 11) is 1.50. The van der Waals surface area contributed by atoms with Crippen LogP contribution in [0.3, 0.4) is 0 Å². The summed E-state index contributed by atoms with van der Waals surface area (Å²) in [4.78, 5) is 22.4. The first-order valence-corrected chi connectivity index (χ1v) is 7.34. The van der Waals surface area contributed by atoms with E-state index in [1.807, 2.05) is 0 Å². The quantitative estimate of drug-likeness (QED) is 0.634. The molecule has 0 saturated heterocycles. The molecule has 2 aromatic rings. The van der Waals surface area contributed by atoms with Crippen LogP contribution in [-0.4, -0.2) is 24.0 Å². The fourth-order valence-electron chi connectivity index (χ4n) is 1.93. The smallest absolute Gasteiger partial charge is 0.271 e. The number of benzene rings is 2. The summed E-state index contributed by atoms with van der Waals surface area (Å²) < 4.78 is 10.6. The topological polar surface area (TPSA) is 90.7 Å². The monoisotopic (exact) mass is 350 g/mol. The number of nitrogens with zero attached hydrogens (tertiary/aromatic N) is 1. The lowest BCUT2D eigenvalue weighted by molar-refractivity contribution is -0.384. The second kappa shape index (κ2) is 7.65. The van der Waals surface area contributed by atoms with Crippen molar-refractivity contribution in [1.82, 2.24) is 0 Å². The van der Waals surface area contributed by atoms with Gasteiger partial charge in [0.25, 0.3) is 11.6 Å². The Kier molecular flexibility index (Phi) is 5.59. The van der Waals surface area contributed by atoms with Crippen molar-refractivity contribution in [2.45, 2.75) is 13.0 Å². The largest absolute Gasteiger partial charge is 0.495 e. The number of amides is 1. The SMILES string of the molecule is COc1ccccc1NC(=O)[C@H](C)Oc1ccc([N+](=O)[O-])cc1Cl. The van der Waals surface area contributed by atoms with Crippen molar-refractivity contribution < 1.29 is 19.2 Å². The zero-order chi connectivity index (χ0) is 17.7. The number of carbonyl (C=O) groups excluding carboxylic acids is 1. The summed E-state index contributed by atoms with van der Waals surface area (Å²) in [5.74, 6) is 0.297. The number of nitrogens with one attached hydrogen (secondary N) is 1. The van der Waals surface area contributed by atoms with Gasteiger partial charge in [-0.2, -0.15) is 0 Å². The summed E-state index contributed by atoms with van der Waals surface area (Å²) >= 11 is 5.95. The zero-order valence-corrected chi connectivity index (χ0v) is 13.7. The van der Waals surface area contributed by atoms with Gasteiger partial charge in [-0.1, -0.05) is 23.7 Å². The minimum Gasteiger partial charge on any atom is -0.495 e. The fourth-order valence-corrected chi connectivity index (χ4v) is 2.14. The van der Waals surface area contributed by atoms with Crippen molar-refractivity contribution in [2.75, 3.05) is 12.4 Å². The predicted octanol–water partition coefficient (Wildman–Crippen LogP) is 3.66. The highest BCUT2D eigenvalue weighted by Gasteiger charge is 2.19. The molecule has 0 aromatic heterocycles. The number of ether oxygens (including phenoxy) is 2. The van der Waals surface area contributed by atoms with Crippen LogP contribution in [0, 0.1) is 10.1 Å². The third-order valence-electron chi connectivity index (χ3n) is 3.16. The first-order chi connectivity index (χ1) is 11.4. The Hall–Kier alpha value is -2.80. The molecule has 0 spiro atoms. The highest BCUT2D eigenvalue weighted by molar-refractivity contribution is 6.32. The Bertz CT molecular complexity index is 766. The first-order valence-electron chi connectivity index (χ1n) is 6.97. The summed E-state index contributed by atoms with van der Waals surface area (Å²) in [6.07, 6.45) is -0.867. The highest BCUT2D eigenvalue weighted by Crippen LogP contribution is 2.30. The van der Waals surface area contributed by atoms with Gasteiger partial charge >= 0.3 is 0 Å². The fraction of sp³-hybridized carbons (Fsp3) is 0.188. The Morgan fingerprint density at radius 2 is 1.96 bits per heavy atom. The average Bonchev–Trinajstić information content (AvgIpc) is 2.56. The lowest BCUT2D eigenvalue weighted by Crippen LogP contribution is -2.30. The number of methoxy groups -OCH3 is 1. The molecule has 0 aliphatic carbocycles. The number of rotatable bonds is 6. The molecule has 1 N–H and O–H groups in total. The Morgan fingerprint density at radius 3 is 2.58 bits per heavy atom. The van der Waals surface area contributed by atoms with Crippen molar-refractivity contribution in [2.24, 2.45) is 0 Å². The van der Waals surface area contributed by atoms with E-state index in [1.54, 1.807) is 31.2 Å². The second-order valence-corrected chi connectivity index (χ2v) is 5.23. The van der Waals surface area contributed by atoms with Crippen molar-refractivity contribution in [3.8, 4) is 11.5 Å². The van der Waals surface area contributed by atoms with Crippen LogP contribution in [0.25, 0.3) is 0 Å². The molecule has 126 valence electrons. The van der Waals surface area contributed by atoms with Crippen LogP contribution in [0.4, 0.5) is 11.4 Å². The number of nitro groups is 1. The van der Waals surface area contributed by atoms with Gasteiger partial charge in [-0.3, -0.25) is 14.9 Å². The van der Waals surface area contributed by atoms with Crippen molar-refractivity contribution in [3.05, 3.63) is 57.6 Å². The minimum atomic E-state index is -0.867. The van der Waals surface area contributed by atoms with Crippen LogP contribution in [0.1, 0.15) is 6.92 Å². The lowest BCUT2D eigenvalue weighted by Gasteiger charge is -2.16. The molecule has 0 heterocycles. The summed E-state index contributed by atoms with van der Waals surface area (Å²) in [6, 6.07) is 10.7. The van der Waals surface area contributed by atoms with Gasteiger partial charge in [0.15, 0.2) is 6.10 Å². The zero-order valence-electron chi connectivity index (χ0n) is 13.0. The number of para-hydroxylation sites is 2. The van der Waals surface area contributed by atoms with Crippen LogP contribution >= 0.6 is 11.6 Å². The van der Waals surface area contributed by atoms with E-state index in [2.05, 4.69) is 5.32 Å². The average molecular weight is 351 g/mol. The number of anilines is 1. The third-order valence-corrected chi connectivity index (χ3v) is 3.46. The molecule has 0 bridgehead atoms.